The summed E-state index contributed by atoms with van der Waals surface area (Å²) in [5.41, 5.74) is 5.74. The van der Waals surface area contributed by atoms with Crippen molar-refractivity contribution >= 4 is 5.91 Å². The van der Waals surface area contributed by atoms with Crippen molar-refractivity contribution in [3.63, 3.8) is 0 Å². The van der Waals surface area contributed by atoms with Gasteiger partial charge in [0.2, 0.25) is 5.91 Å². The molecule has 0 aromatic heterocycles. The molecule has 15 heavy (non-hydrogen) atoms. The second-order valence-corrected chi connectivity index (χ2v) is 4.88. The summed E-state index contributed by atoms with van der Waals surface area (Å²) in [7, 11) is 1.87. The molecular weight excluding hydrogens is 190 g/mol. The van der Waals surface area contributed by atoms with Crippen LogP contribution in [0.2, 0.25) is 0 Å². The Balaban J connectivity index is 1.84. The summed E-state index contributed by atoms with van der Waals surface area (Å²) in [6.07, 6.45) is 4.39. The van der Waals surface area contributed by atoms with E-state index in [9.17, 15) is 4.79 Å². The van der Waals surface area contributed by atoms with Crippen LogP contribution in [-0.4, -0.2) is 43.0 Å². The largest absolute Gasteiger partial charge is 0.344 e. The van der Waals surface area contributed by atoms with Crippen LogP contribution in [-0.2, 0) is 4.79 Å². The number of nitrogens with one attached hydrogen (secondary N) is 1. The molecule has 4 heteroatoms. The van der Waals surface area contributed by atoms with Gasteiger partial charge in [-0.1, -0.05) is 6.42 Å². The molecule has 0 bridgehead atoms. The van der Waals surface area contributed by atoms with Gasteiger partial charge in [-0.25, -0.2) is 0 Å². The Morgan fingerprint density at radius 3 is 2.93 bits per heavy atom. The summed E-state index contributed by atoms with van der Waals surface area (Å²) in [5.74, 6) is 0.876. The summed E-state index contributed by atoms with van der Waals surface area (Å²) in [5, 5.41) is 3.60. The molecule has 0 radical (unpaired) electrons. The summed E-state index contributed by atoms with van der Waals surface area (Å²) in [4.78, 5) is 13.2. The van der Waals surface area contributed by atoms with Crippen molar-refractivity contribution in [1.29, 1.82) is 0 Å². The lowest BCUT2D eigenvalue weighted by molar-refractivity contribution is -0.126. The van der Waals surface area contributed by atoms with E-state index in [1.54, 1.807) is 0 Å². The maximum absolute atomic E-state index is 11.4. The minimum Gasteiger partial charge on any atom is -0.344 e. The van der Waals surface area contributed by atoms with E-state index in [2.05, 4.69) is 5.32 Å². The average molecular weight is 211 g/mol. The molecule has 1 amide bonds. The molecule has 3 unspecified atom stereocenters. The van der Waals surface area contributed by atoms with Gasteiger partial charge in [0.25, 0.3) is 0 Å². The molecule has 3 N–H and O–H groups in total. The molecule has 2 fully saturated rings. The number of nitrogens with zero attached hydrogens (tertiary/aromatic N) is 1. The van der Waals surface area contributed by atoms with E-state index in [0.29, 0.717) is 24.4 Å². The smallest absolute Gasteiger partial charge is 0.224 e. The highest BCUT2D eigenvalue weighted by Crippen LogP contribution is 2.25. The molecule has 0 aromatic carbocycles. The molecule has 1 saturated carbocycles. The monoisotopic (exact) mass is 211 g/mol. The lowest BCUT2D eigenvalue weighted by Crippen LogP contribution is -2.43. The van der Waals surface area contributed by atoms with Crippen molar-refractivity contribution in [2.24, 2.45) is 11.7 Å². The zero-order valence-electron chi connectivity index (χ0n) is 9.41. The van der Waals surface area contributed by atoms with Crippen LogP contribution in [0.1, 0.15) is 25.7 Å². The minimum atomic E-state index is 0.259. The lowest BCUT2D eigenvalue weighted by Gasteiger charge is -2.23. The molecule has 4 nitrogen and oxygen atoms in total. The number of likely N-dealkylation sites (N-methyl/N-ethyl adjacent to an activating group) is 1. The first-order valence-corrected chi connectivity index (χ1v) is 5.90. The maximum atomic E-state index is 11.4. The fraction of sp³-hybridized carbons (Fsp3) is 0.909. The first kappa shape index (κ1) is 10.9. The third-order valence-electron chi connectivity index (χ3n) is 3.75. The van der Waals surface area contributed by atoms with Gasteiger partial charge in [0.15, 0.2) is 0 Å². The Bertz CT molecular complexity index is 244. The summed E-state index contributed by atoms with van der Waals surface area (Å²) < 4.78 is 0. The quantitative estimate of drug-likeness (QED) is 0.687. The van der Waals surface area contributed by atoms with Gasteiger partial charge in [0.1, 0.15) is 0 Å². The van der Waals surface area contributed by atoms with Gasteiger partial charge in [-0.15, -0.1) is 0 Å². The van der Waals surface area contributed by atoms with Gasteiger partial charge in [-0.3, -0.25) is 4.79 Å². The summed E-state index contributed by atoms with van der Waals surface area (Å²) in [6.45, 7) is 1.63. The molecule has 2 rings (SSSR count). The molecule has 0 aromatic rings. The predicted octanol–water partition coefficient (Wildman–Crippen LogP) is -0.0659. The minimum absolute atomic E-state index is 0.259. The van der Waals surface area contributed by atoms with Crippen LogP contribution in [0, 0.1) is 5.92 Å². The summed E-state index contributed by atoms with van der Waals surface area (Å²) >= 11 is 0. The van der Waals surface area contributed by atoms with Crippen LogP contribution in [0.3, 0.4) is 0 Å². The number of amides is 1. The Labute approximate surface area is 91.2 Å². The van der Waals surface area contributed by atoms with E-state index in [1.165, 1.54) is 19.3 Å². The van der Waals surface area contributed by atoms with Crippen LogP contribution >= 0.6 is 0 Å². The number of likely N-dealkylation sites (tertiary alicyclic amines) is 1. The molecular formula is C11H21N3O. The van der Waals surface area contributed by atoms with E-state index in [1.807, 2.05) is 11.9 Å². The van der Waals surface area contributed by atoms with E-state index < -0.39 is 0 Å². The molecule has 3 atom stereocenters. The summed E-state index contributed by atoms with van der Waals surface area (Å²) in [6, 6.07) is 0.888. The Morgan fingerprint density at radius 1 is 1.53 bits per heavy atom. The van der Waals surface area contributed by atoms with Gasteiger partial charge in [0, 0.05) is 32.1 Å². The fourth-order valence-corrected chi connectivity index (χ4v) is 2.82. The van der Waals surface area contributed by atoms with E-state index in [0.717, 1.165) is 13.1 Å². The van der Waals surface area contributed by atoms with Crippen LogP contribution < -0.4 is 11.1 Å². The second-order valence-electron chi connectivity index (χ2n) is 4.88. The van der Waals surface area contributed by atoms with Gasteiger partial charge in [-0.05, 0) is 25.3 Å². The normalized spacial score (nSPS) is 36.5. The Kier molecular flexibility index (Phi) is 3.26. The molecule has 2 aliphatic rings. The highest BCUT2D eigenvalue weighted by atomic mass is 16.2. The number of rotatable bonds is 3. The molecule has 1 aliphatic carbocycles. The number of carbonyl (C=O) groups is 1. The van der Waals surface area contributed by atoms with Crippen molar-refractivity contribution in [2.75, 3.05) is 20.1 Å². The van der Waals surface area contributed by atoms with Gasteiger partial charge in [-0.2, -0.15) is 0 Å². The van der Waals surface area contributed by atoms with Crippen LogP contribution in [0.15, 0.2) is 0 Å². The zero-order valence-corrected chi connectivity index (χ0v) is 9.41. The number of carbonyl (C=O) groups excluding carboxylic acids is 1. The maximum Gasteiger partial charge on any atom is 0.224 e. The standard InChI is InChI=1S/C11H21N3O/c1-14-7-9(5-11(14)15)13-10-4-2-3-8(10)6-12/h8-10,13H,2-7,12H2,1H3. The first-order chi connectivity index (χ1) is 7.20. The first-order valence-electron chi connectivity index (χ1n) is 5.90. The average Bonchev–Trinajstić information content (AvgIpc) is 2.75. The van der Waals surface area contributed by atoms with Crippen LogP contribution in [0.4, 0.5) is 0 Å². The van der Waals surface area contributed by atoms with Gasteiger partial charge >= 0.3 is 0 Å². The molecule has 1 heterocycles. The van der Waals surface area contributed by atoms with Crippen molar-refractivity contribution in [1.82, 2.24) is 10.2 Å². The van der Waals surface area contributed by atoms with E-state index >= 15 is 0 Å². The number of hydrogen-bond acceptors (Lipinski definition) is 3. The van der Waals surface area contributed by atoms with Crippen LogP contribution in [0.5, 0.6) is 0 Å². The zero-order chi connectivity index (χ0) is 10.8. The van der Waals surface area contributed by atoms with Crippen LogP contribution in [0.25, 0.3) is 0 Å². The highest BCUT2D eigenvalue weighted by molar-refractivity contribution is 5.78. The number of hydrogen-bond donors (Lipinski definition) is 2. The SMILES string of the molecule is CN1CC(NC2CCCC2CN)CC1=O. The third-order valence-corrected chi connectivity index (χ3v) is 3.75. The van der Waals surface area contributed by atoms with Crippen molar-refractivity contribution < 1.29 is 4.79 Å². The molecule has 0 spiro atoms. The Hall–Kier alpha value is -0.610. The molecule has 1 aliphatic heterocycles. The van der Waals surface area contributed by atoms with Gasteiger partial charge in [0.05, 0.1) is 0 Å². The second kappa shape index (κ2) is 4.49. The lowest BCUT2D eigenvalue weighted by atomic mass is 10.0. The number of nitrogens with two attached hydrogens (primary N) is 1. The van der Waals surface area contributed by atoms with Crippen molar-refractivity contribution in [2.45, 2.75) is 37.8 Å². The van der Waals surface area contributed by atoms with E-state index in [4.69, 9.17) is 5.73 Å². The predicted molar refractivity (Wildman–Crippen MR) is 59.4 cm³/mol. The fourth-order valence-electron chi connectivity index (χ4n) is 2.82. The highest BCUT2D eigenvalue weighted by Gasteiger charge is 2.32. The molecule has 1 saturated heterocycles. The van der Waals surface area contributed by atoms with Gasteiger partial charge < -0.3 is 16.0 Å². The van der Waals surface area contributed by atoms with Crippen molar-refractivity contribution in [3.8, 4) is 0 Å². The van der Waals surface area contributed by atoms with E-state index in [-0.39, 0.29) is 5.91 Å². The topological polar surface area (TPSA) is 58.4 Å². The molecule has 86 valence electrons. The Morgan fingerprint density at radius 2 is 2.33 bits per heavy atom. The third kappa shape index (κ3) is 2.32. The van der Waals surface area contributed by atoms with Crippen molar-refractivity contribution in [3.05, 3.63) is 0 Å².